The van der Waals surface area contributed by atoms with E-state index in [0.717, 1.165) is 28.6 Å². The number of furan rings is 1. The van der Waals surface area contributed by atoms with Gasteiger partial charge in [-0.2, -0.15) is 0 Å². The molecule has 0 radical (unpaired) electrons. The van der Waals surface area contributed by atoms with Gasteiger partial charge >= 0.3 is 0 Å². The Bertz CT molecular complexity index is 1120. The molecule has 5 rings (SSSR count). The number of hydrogen-bond donors (Lipinski definition) is 1. The van der Waals surface area contributed by atoms with Crippen molar-refractivity contribution in [3.63, 3.8) is 0 Å². The first-order valence-corrected chi connectivity index (χ1v) is 10.1. The molecule has 2 atom stereocenters. The predicted molar refractivity (Wildman–Crippen MR) is 120 cm³/mol. The number of para-hydroxylation sites is 1. The molecule has 5 nitrogen and oxygen atoms in total. The molecule has 1 aliphatic heterocycles. The lowest BCUT2D eigenvalue weighted by Crippen LogP contribution is -2.29. The van der Waals surface area contributed by atoms with Gasteiger partial charge in [-0.1, -0.05) is 24.3 Å². The summed E-state index contributed by atoms with van der Waals surface area (Å²) >= 11 is 5.70. The topological polar surface area (TPSA) is 50.5 Å². The van der Waals surface area contributed by atoms with E-state index in [9.17, 15) is 0 Å². The molecule has 0 spiro atoms. The lowest BCUT2D eigenvalue weighted by Gasteiger charge is -2.26. The molecule has 0 bridgehead atoms. The quantitative estimate of drug-likeness (QED) is 0.427. The van der Waals surface area contributed by atoms with Crippen LogP contribution in [0.4, 0.5) is 5.69 Å². The van der Waals surface area contributed by atoms with Gasteiger partial charge in [0.15, 0.2) is 5.11 Å². The summed E-state index contributed by atoms with van der Waals surface area (Å²) in [5, 5.41) is 4.04. The van der Waals surface area contributed by atoms with E-state index in [1.807, 2.05) is 84.9 Å². The van der Waals surface area contributed by atoms with Gasteiger partial charge in [0.05, 0.1) is 18.0 Å². The summed E-state index contributed by atoms with van der Waals surface area (Å²) in [5.41, 5.74) is 1.86. The van der Waals surface area contributed by atoms with Crippen LogP contribution < -0.4 is 15.0 Å². The maximum absolute atomic E-state index is 5.92. The summed E-state index contributed by atoms with van der Waals surface area (Å²) in [6.07, 6.45) is 3.47. The van der Waals surface area contributed by atoms with E-state index in [2.05, 4.69) is 15.2 Å². The molecule has 2 unspecified atom stereocenters. The highest BCUT2D eigenvalue weighted by Gasteiger charge is 2.42. The van der Waals surface area contributed by atoms with Gasteiger partial charge in [-0.15, -0.1) is 0 Å². The van der Waals surface area contributed by atoms with Gasteiger partial charge in [-0.3, -0.25) is 4.98 Å². The molecule has 30 heavy (non-hydrogen) atoms. The SMILES string of the molecule is S=C1NC(c2ccccn2)C(c2ccco2)N1c1ccc(Oc2ccccc2)cc1. The number of nitrogens with zero attached hydrogens (tertiary/aromatic N) is 2. The summed E-state index contributed by atoms with van der Waals surface area (Å²) in [6, 6.07) is 27.1. The van der Waals surface area contributed by atoms with Crippen LogP contribution in [-0.4, -0.2) is 10.1 Å². The molecule has 1 N–H and O–H groups in total. The van der Waals surface area contributed by atoms with Crippen LogP contribution in [0, 0.1) is 0 Å². The van der Waals surface area contributed by atoms with Gasteiger partial charge in [-0.05, 0) is 72.9 Å². The lowest BCUT2D eigenvalue weighted by molar-refractivity contribution is 0.432. The van der Waals surface area contributed by atoms with Crippen molar-refractivity contribution in [3.8, 4) is 11.5 Å². The van der Waals surface area contributed by atoms with Gasteiger partial charge < -0.3 is 19.4 Å². The molecule has 1 saturated heterocycles. The highest BCUT2D eigenvalue weighted by atomic mass is 32.1. The van der Waals surface area contributed by atoms with Crippen molar-refractivity contribution < 1.29 is 9.15 Å². The summed E-state index contributed by atoms with van der Waals surface area (Å²) in [7, 11) is 0. The number of aromatic nitrogens is 1. The average Bonchev–Trinajstić information content (AvgIpc) is 3.43. The van der Waals surface area contributed by atoms with Crippen molar-refractivity contribution >= 4 is 23.0 Å². The van der Waals surface area contributed by atoms with Crippen molar-refractivity contribution in [1.82, 2.24) is 10.3 Å². The van der Waals surface area contributed by atoms with E-state index in [4.69, 9.17) is 21.4 Å². The molecule has 0 aliphatic carbocycles. The largest absolute Gasteiger partial charge is 0.467 e. The van der Waals surface area contributed by atoms with Gasteiger partial charge in [0.25, 0.3) is 0 Å². The Hall–Kier alpha value is -3.64. The van der Waals surface area contributed by atoms with Crippen LogP contribution >= 0.6 is 12.2 Å². The Morgan fingerprint density at radius 3 is 2.33 bits per heavy atom. The highest BCUT2D eigenvalue weighted by molar-refractivity contribution is 7.80. The number of hydrogen-bond acceptors (Lipinski definition) is 4. The van der Waals surface area contributed by atoms with Crippen LogP contribution in [0.2, 0.25) is 0 Å². The number of rotatable bonds is 5. The lowest BCUT2D eigenvalue weighted by atomic mass is 10.0. The molecular formula is C24H19N3O2S. The Morgan fingerprint density at radius 1 is 0.867 bits per heavy atom. The highest BCUT2D eigenvalue weighted by Crippen LogP contribution is 2.41. The molecule has 6 heteroatoms. The van der Waals surface area contributed by atoms with Gasteiger partial charge in [0.2, 0.25) is 0 Å². The van der Waals surface area contributed by atoms with Crippen molar-refractivity contribution in [1.29, 1.82) is 0 Å². The van der Waals surface area contributed by atoms with Crippen LogP contribution in [0.3, 0.4) is 0 Å². The fraction of sp³-hybridized carbons (Fsp3) is 0.0833. The molecule has 0 saturated carbocycles. The molecule has 1 aliphatic rings. The standard InChI is InChI=1S/C24H19N3O2S/c30-24-26-22(20-9-4-5-15-25-20)23(21-10-6-16-28-21)27(24)17-11-13-19(14-12-17)29-18-7-2-1-3-8-18/h1-16,22-23H,(H,26,30). The third-order valence-electron chi connectivity index (χ3n) is 5.03. The molecule has 4 aromatic rings. The number of anilines is 1. The summed E-state index contributed by atoms with van der Waals surface area (Å²) < 4.78 is 11.7. The fourth-order valence-corrected chi connectivity index (χ4v) is 4.03. The zero-order valence-electron chi connectivity index (χ0n) is 16.0. The van der Waals surface area contributed by atoms with Crippen molar-refractivity contribution in [2.45, 2.75) is 12.1 Å². The zero-order valence-corrected chi connectivity index (χ0v) is 16.8. The van der Waals surface area contributed by atoms with E-state index < -0.39 is 0 Å². The van der Waals surface area contributed by atoms with Crippen LogP contribution in [0.1, 0.15) is 23.5 Å². The molecular weight excluding hydrogens is 394 g/mol. The summed E-state index contributed by atoms with van der Waals surface area (Å²) in [6.45, 7) is 0. The molecule has 0 amide bonds. The summed E-state index contributed by atoms with van der Waals surface area (Å²) in [4.78, 5) is 6.60. The van der Waals surface area contributed by atoms with E-state index in [1.165, 1.54) is 0 Å². The molecule has 2 aromatic carbocycles. The molecule has 148 valence electrons. The monoisotopic (exact) mass is 413 g/mol. The number of pyridine rings is 1. The van der Waals surface area contributed by atoms with Gasteiger partial charge in [0, 0.05) is 11.9 Å². The van der Waals surface area contributed by atoms with Crippen molar-refractivity contribution in [2.75, 3.05) is 4.90 Å². The second-order valence-corrected chi connectivity index (χ2v) is 7.31. The fourth-order valence-electron chi connectivity index (χ4n) is 3.68. The van der Waals surface area contributed by atoms with Gasteiger partial charge in [0.1, 0.15) is 23.3 Å². The number of nitrogens with one attached hydrogen (secondary N) is 1. The first-order valence-electron chi connectivity index (χ1n) is 9.66. The Kier molecular flexibility index (Phi) is 4.91. The minimum Gasteiger partial charge on any atom is -0.467 e. The second-order valence-electron chi connectivity index (χ2n) is 6.92. The first kappa shape index (κ1) is 18.4. The van der Waals surface area contributed by atoms with Crippen LogP contribution in [0.15, 0.2) is 102 Å². The Balaban J connectivity index is 1.47. The van der Waals surface area contributed by atoms with Crippen LogP contribution in [0.5, 0.6) is 11.5 Å². The Labute approximate surface area is 179 Å². The van der Waals surface area contributed by atoms with Crippen LogP contribution in [-0.2, 0) is 0 Å². The van der Waals surface area contributed by atoms with Crippen molar-refractivity contribution in [2.24, 2.45) is 0 Å². The molecule has 2 aromatic heterocycles. The van der Waals surface area contributed by atoms with E-state index in [1.54, 1.807) is 12.5 Å². The predicted octanol–water partition coefficient (Wildman–Crippen LogP) is 5.64. The number of thiocarbonyl (C=S) groups is 1. The minimum absolute atomic E-state index is 0.120. The Morgan fingerprint density at radius 2 is 1.63 bits per heavy atom. The third kappa shape index (κ3) is 3.53. The number of ether oxygens (including phenoxy) is 1. The number of benzene rings is 2. The normalized spacial score (nSPS) is 18.3. The second kappa shape index (κ2) is 8.00. The third-order valence-corrected chi connectivity index (χ3v) is 5.34. The molecule has 1 fully saturated rings. The van der Waals surface area contributed by atoms with E-state index >= 15 is 0 Å². The maximum Gasteiger partial charge on any atom is 0.174 e. The van der Waals surface area contributed by atoms with Crippen LogP contribution in [0.25, 0.3) is 0 Å². The smallest absolute Gasteiger partial charge is 0.174 e. The molecule has 3 heterocycles. The maximum atomic E-state index is 5.92. The average molecular weight is 414 g/mol. The van der Waals surface area contributed by atoms with E-state index in [-0.39, 0.29) is 12.1 Å². The first-order chi connectivity index (χ1) is 14.8. The van der Waals surface area contributed by atoms with Crippen molar-refractivity contribution in [3.05, 3.63) is 109 Å². The van der Waals surface area contributed by atoms with Gasteiger partial charge in [-0.25, -0.2) is 0 Å². The van der Waals surface area contributed by atoms with E-state index in [0.29, 0.717) is 5.11 Å². The minimum atomic E-state index is -0.150. The zero-order chi connectivity index (χ0) is 20.3. The summed E-state index contributed by atoms with van der Waals surface area (Å²) in [5.74, 6) is 2.38.